The maximum absolute atomic E-state index is 11.4. The summed E-state index contributed by atoms with van der Waals surface area (Å²) in [6.45, 7) is 0.578. The Kier molecular flexibility index (Phi) is 3.18. The van der Waals surface area contributed by atoms with Crippen LogP contribution in [0.1, 0.15) is 16.7 Å². The molecule has 130 valence electrons. The van der Waals surface area contributed by atoms with E-state index in [0.717, 1.165) is 45.9 Å². The van der Waals surface area contributed by atoms with Crippen LogP contribution in [0.2, 0.25) is 0 Å². The van der Waals surface area contributed by atoms with E-state index in [4.69, 9.17) is 8.92 Å². The highest BCUT2D eigenvalue weighted by molar-refractivity contribution is 7.86. The molecule has 0 spiro atoms. The van der Waals surface area contributed by atoms with Crippen molar-refractivity contribution in [3.05, 3.63) is 65.2 Å². The van der Waals surface area contributed by atoms with Crippen LogP contribution in [0.5, 0.6) is 11.5 Å². The average Bonchev–Trinajstić information content (AvgIpc) is 2.99. The van der Waals surface area contributed by atoms with Crippen LogP contribution in [0.15, 0.2) is 48.5 Å². The van der Waals surface area contributed by atoms with Gasteiger partial charge in [-0.2, -0.15) is 8.42 Å². The van der Waals surface area contributed by atoms with E-state index < -0.39 is 10.1 Å². The molecule has 1 aliphatic heterocycles. The highest BCUT2D eigenvalue weighted by atomic mass is 32.2. The van der Waals surface area contributed by atoms with Gasteiger partial charge >= 0.3 is 10.1 Å². The van der Waals surface area contributed by atoms with Gasteiger partial charge in [0.05, 0.1) is 6.26 Å². The highest BCUT2D eigenvalue weighted by Gasteiger charge is 2.28. The summed E-state index contributed by atoms with van der Waals surface area (Å²) in [5.41, 5.74) is 5.74. The Morgan fingerprint density at radius 3 is 2.69 bits per heavy atom. The standard InChI is InChI=1S/C21H16O4S/c1-26(22,23)25-14-8-9-15-13(11-14)12-19-18-7-4-10-24-21(18)17-6-3-2-5-16(17)20(15)19/h2-9,11H,10,12H2,1H3. The second-order valence-corrected chi connectivity index (χ2v) is 8.21. The molecule has 4 nitrogen and oxygen atoms in total. The molecule has 0 atom stereocenters. The van der Waals surface area contributed by atoms with Gasteiger partial charge < -0.3 is 8.92 Å². The van der Waals surface area contributed by atoms with E-state index >= 15 is 0 Å². The topological polar surface area (TPSA) is 52.6 Å². The van der Waals surface area contributed by atoms with Crippen LogP contribution in [0, 0.1) is 0 Å². The fraction of sp³-hybridized carbons (Fsp3) is 0.143. The molecule has 0 unspecified atom stereocenters. The summed E-state index contributed by atoms with van der Waals surface area (Å²) in [6, 6.07) is 13.8. The first-order valence-corrected chi connectivity index (χ1v) is 10.2. The largest absolute Gasteiger partial charge is 0.488 e. The van der Waals surface area contributed by atoms with Crippen LogP contribution >= 0.6 is 0 Å². The number of hydrogen-bond donors (Lipinski definition) is 0. The van der Waals surface area contributed by atoms with E-state index in [9.17, 15) is 8.42 Å². The summed E-state index contributed by atoms with van der Waals surface area (Å²) < 4.78 is 33.9. The monoisotopic (exact) mass is 364 g/mol. The number of hydrogen-bond acceptors (Lipinski definition) is 4. The van der Waals surface area contributed by atoms with Crippen molar-refractivity contribution in [3.8, 4) is 22.6 Å². The van der Waals surface area contributed by atoms with Crippen molar-refractivity contribution in [2.45, 2.75) is 6.42 Å². The van der Waals surface area contributed by atoms with Gasteiger partial charge in [-0.25, -0.2) is 0 Å². The summed E-state index contributed by atoms with van der Waals surface area (Å²) in [5.74, 6) is 1.28. The minimum Gasteiger partial charge on any atom is -0.488 e. The van der Waals surface area contributed by atoms with Crippen LogP contribution in [-0.2, 0) is 16.5 Å². The first kappa shape index (κ1) is 15.5. The van der Waals surface area contributed by atoms with E-state index in [0.29, 0.717) is 12.4 Å². The highest BCUT2D eigenvalue weighted by Crippen LogP contribution is 2.49. The van der Waals surface area contributed by atoms with Crippen molar-refractivity contribution < 1.29 is 17.3 Å². The van der Waals surface area contributed by atoms with Gasteiger partial charge in [0.15, 0.2) is 0 Å². The fourth-order valence-electron chi connectivity index (χ4n) is 3.98. The Hall–Kier alpha value is -2.79. The Morgan fingerprint density at radius 1 is 1.08 bits per heavy atom. The Morgan fingerprint density at radius 2 is 1.88 bits per heavy atom. The zero-order valence-electron chi connectivity index (χ0n) is 14.2. The normalized spacial score (nSPS) is 14.5. The second kappa shape index (κ2) is 5.35. The van der Waals surface area contributed by atoms with Gasteiger partial charge in [0, 0.05) is 10.9 Å². The lowest BCUT2D eigenvalue weighted by Gasteiger charge is -2.19. The van der Waals surface area contributed by atoms with Crippen molar-refractivity contribution >= 4 is 27.0 Å². The van der Waals surface area contributed by atoms with Crippen molar-refractivity contribution in [2.75, 3.05) is 12.9 Å². The first-order valence-electron chi connectivity index (χ1n) is 8.41. The maximum atomic E-state index is 11.4. The molecule has 1 heterocycles. The molecule has 0 bridgehead atoms. The van der Waals surface area contributed by atoms with Gasteiger partial charge in [-0.05, 0) is 52.3 Å². The summed E-state index contributed by atoms with van der Waals surface area (Å²) >= 11 is 0. The molecule has 5 heteroatoms. The van der Waals surface area contributed by atoms with Gasteiger partial charge in [-0.15, -0.1) is 0 Å². The minimum absolute atomic E-state index is 0.351. The number of fused-ring (bicyclic) bond motifs is 8. The molecule has 1 aliphatic carbocycles. The Balaban J connectivity index is 1.77. The zero-order valence-corrected chi connectivity index (χ0v) is 15.0. The fourth-order valence-corrected chi connectivity index (χ4v) is 4.43. The number of rotatable bonds is 2. The average molecular weight is 364 g/mol. The SMILES string of the molecule is CS(=O)(=O)Oc1ccc2c(c1)Cc1c3c(c4ccccc4c1-2)OCC=C3. The molecule has 0 aromatic heterocycles. The lowest BCUT2D eigenvalue weighted by atomic mass is 9.92. The first-order chi connectivity index (χ1) is 12.5. The zero-order chi connectivity index (χ0) is 17.9. The smallest absolute Gasteiger partial charge is 0.306 e. The van der Waals surface area contributed by atoms with Crippen molar-refractivity contribution in [2.24, 2.45) is 0 Å². The number of ether oxygens (including phenoxy) is 1. The predicted octanol–water partition coefficient (Wildman–Crippen LogP) is 4.16. The summed E-state index contributed by atoms with van der Waals surface area (Å²) in [6.07, 6.45) is 5.94. The molecule has 0 fully saturated rings. The van der Waals surface area contributed by atoms with Crippen LogP contribution in [0.4, 0.5) is 0 Å². The van der Waals surface area contributed by atoms with Gasteiger partial charge in [0.25, 0.3) is 0 Å². The Bertz CT molecular complexity index is 1210. The van der Waals surface area contributed by atoms with Crippen LogP contribution in [-0.4, -0.2) is 21.3 Å². The molecular formula is C21H16O4S. The third-order valence-electron chi connectivity index (χ3n) is 4.88. The van der Waals surface area contributed by atoms with Crippen LogP contribution in [0.3, 0.4) is 0 Å². The lowest BCUT2D eigenvalue weighted by molar-refractivity contribution is 0.362. The van der Waals surface area contributed by atoms with Gasteiger partial charge in [-0.1, -0.05) is 36.4 Å². The summed E-state index contributed by atoms with van der Waals surface area (Å²) in [4.78, 5) is 0. The van der Waals surface area contributed by atoms with E-state index in [1.54, 1.807) is 6.07 Å². The molecule has 0 radical (unpaired) electrons. The third kappa shape index (κ3) is 2.31. The molecule has 0 saturated heterocycles. The van der Waals surface area contributed by atoms with Crippen LogP contribution in [0.25, 0.3) is 28.0 Å². The van der Waals surface area contributed by atoms with Crippen molar-refractivity contribution in [1.82, 2.24) is 0 Å². The molecule has 3 aromatic rings. The van der Waals surface area contributed by atoms with Crippen LogP contribution < -0.4 is 8.92 Å². The molecule has 3 aromatic carbocycles. The van der Waals surface area contributed by atoms with E-state index in [1.807, 2.05) is 30.3 Å². The van der Waals surface area contributed by atoms with E-state index in [-0.39, 0.29) is 0 Å². The molecule has 0 N–H and O–H groups in total. The molecule has 0 amide bonds. The van der Waals surface area contributed by atoms with Gasteiger partial charge in [-0.3, -0.25) is 0 Å². The van der Waals surface area contributed by atoms with Crippen molar-refractivity contribution in [3.63, 3.8) is 0 Å². The predicted molar refractivity (Wildman–Crippen MR) is 102 cm³/mol. The second-order valence-electron chi connectivity index (χ2n) is 6.64. The van der Waals surface area contributed by atoms with E-state index in [2.05, 4.69) is 18.2 Å². The van der Waals surface area contributed by atoms with Crippen molar-refractivity contribution in [1.29, 1.82) is 0 Å². The molecule has 5 rings (SSSR count). The quantitative estimate of drug-likeness (QED) is 0.501. The maximum Gasteiger partial charge on any atom is 0.306 e. The summed E-state index contributed by atoms with van der Waals surface area (Å²) in [7, 11) is -3.54. The molecule has 26 heavy (non-hydrogen) atoms. The van der Waals surface area contributed by atoms with E-state index in [1.165, 1.54) is 11.1 Å². The summed E-state index contributed by atoms with van der Waals surface area (Å²) in [5, 5.41) is 2.27. The van der Waals surface area contributed by atoms with Gasteiger partial charge in [0.1, 0.15) is 18.1 Å². The Labute approximate surface area is 151 Å². The lowest BCUT2D eigenvalue weighted by Crippen LogP contribution is -2.05. The number of benzene rings is 3. The molecule has 2 aliphatic rings. The molecular weight excluding hydrogens is 348 g/mol. The van der Waals surface area contributed by atoms with Gasteiger partial charge in [0.2, 0.25) is 0 Å². The molecule has 0 saturated carbocycles. The third-order valence-corrected chi connectivity index (χ3v) is 5.38. The minimum atomic E-state index is -3.54.